The van der Waals surface area contributed by atoms with Gasteiger partial charge in [0.2, 0.25) is 0 Å². The molecule has 56 valence electrons. The molecule has 0 aromatic rings. The number of halogens is 1. The van der Waals surface area contributed by atoms with E-state index < -0.39 is 5.97 Å². The smallest absolute Gasteiger partial charge is 0.303 e. The number of carboxylic acids is 1. The Morgan fingerprint density at radius 1 is 1.44 bits per heavy atom. The van der Waals surface area contributed by atoms with E-state index in [1.165, 1.54) is 0 Å². The number of carboxylic acid groups (broad SMARTS) is 1. The van der Waals surface area contributed by atoms with Gasteiger partial charge < -0.3 is 10.8 Å². The van der Waals surface area contributed by atoms with Gasteiger partial charge in [-0.3, -0.25) is 4.79 Å². The maximum Gasteiger partial charge on any atom is 0.303 e. The first-order valence-electron chi connectivity index (χ1n) is 2.69. The van der Waals surface area contributed by atoms with Gasteiger partial charge in [-0.2, -0.15) is 0 Å². The summed E-state index contributed by atoms with van der Waals surface area (Å²) in [5, 5.41) is 8.10. The molecule has 0 amide bonds. The van der Waals surface area contributed by atoms with E-state index in [1.54, 1.807) is 0 Å². The average molecular weight is 245 g/mol. The molecule has 0 rings (SSSR count). The van der Waals surface area contributed by atoms with Crippen molar-refractivity contribution in [2.24, 2.45) is 5.73 Å². The highest BCUT2D eigenvalue weighted by Gasteiger charge is 1.92. The lowest BCUT2D eigenvalue weighted by Gasteiger charge is -1.90. The Morgan fingerprint density at radius 3 is 2.33 bits per heavy atom. The summed E-state index contributed by atoms with van der Waals surface area (Å²) < 4.78 is 0. The number of hydrogen-bond acceptors (Lipinski definition) is 2. The normalized spacial score (nSPS) is 8.11. The molecule has 4 heteroatoms. The van der Waals surface area contributed by atoms with Crippen LogP contribution in [0.1, 0.15) is 19.3 Å². The zero-order valence-electron chi connectivity index (χ0n) is 5.17. The fourth-order valence-electron chi connectivity index (χ4n) is 0.421. The molecule has 3 nitrogen and oxygen atoms in total. The molecule has 0 heterocycles. The minimum absolute atomic E-state index is 0. The number of hydrogen-bond donors (Lipinski definition) is 2. The zero-order valence-corrected chi connectivity index (χ0v) is 7.50. The fourth-order valence-corrected chi connectivity index (χ4v) is 0.421. The standard InChI is InChI=1S/C5H11NO2.HI/c6-4-2-1-3-5(7)8;/h1-4,6H2,(H,7,8);1H. The maximum atomic E-state index is 9.83. The van der Waals surface area contributed by atoms with Gasteiger partial charge in [0.25, 0.3) is 0 Å². The Labute approximate surface area is 71.6 Å². The van der Waals surface area contributed by atoms with Crippen molar-refractivity contribution in [3.8, 4) is 0 Å². The van der Waals surface area contributed by atoms with E-state index in [1.807, 2.05) is 0 Å². The molecule has 0 unspecified atom stereocenters. The Balaban J connectivity index is 0. The van der Waals surface area contributed by atoms with Gasteiger partial charge in [0, 0.05) is 6.42 Å². The average Bonchev–Trinajstić information content (AvgIpc) is 1.66. The lowest BCUT2D eigenvalue weighted by atomic mass is 10.2. The van der Waals surface area contributed by atoms with Crippen molar-refractivity contribution < 1.29 is 9.90 Å². The van der Waals surface area contributed by atoms with Gasteiger partial charge in [0.1, 0.15) is 0 Å². The van der Waals surface area contributed by atoms with E-state index in [2.05, 4.69) is 0 Å². The molecule has 0 fully saturated rings. The van der Waals surface area contributed by atoms with Gasteiger partial charge in [-0.1, -0.05) is 0 Å². The molecular formula is C5H12INO2. The molecule has 0 aromatic carbocycles. The first-order chi connectivity index (χ1) is 3.77. The Hall–Kier alpha value is 0.160. The van der Waals surface area contributed by atoms with Crippen LogP contribution in [0, 0.1) is 0 Å². The third kappa shape index (κ3) is 11.6. The van der Waals surface area contributed by atoms with Crippen LogP contribution in [0.25, 0.3) is 0 Å². The van der Waals surface area contributed by atoms with Crippen LogP contribution in [-0.4, -0.2) is 17.6 Å². The van der Waals surface area contributed by atoms with Crippen LogP contribution >= 0.6 is 24.0 Å². The molecule has 3 N–H and O–H groups in total. The zero-order chi connectivity index (χ0) is 6.41. The van der Waals surface area contributed by atoms with Crippen molar-refractivity contribution in [3.63, 3.8) is 0 Å². The summed E-state index contributed by atoms with van der Waals surface area (Å²) in [6.45, 7) is 0.591. The van der Waals surface area contributed by atoms with Crippen LogP contribution in [0.15, 0.2) is 0 Å². The Bertz CT molecular complexity index is 77.4. The molecule has 9 heavy (non-hydrogen) atoms. The van der Waals surface area contributed by atoms with Crippen molar-refractivity contribution in [2.45, 2.75) is 19.3 Å². The van der Waals surface area contributed by atoms with Crippen molar-refractivity contribution in [3.05, 3.63) is 0 Å². The fraction of sp³-hybridized carbons (Fsp3) is 0.800. The number of nitrogens with two attached hydrogens (primary N) is 1. The van der Waals surface area contributed by atoms with Crippen LogP contribution in [0.4, 0.5) is 0 Å². The monoisotopic (exact) mass is 245 g/mol. The highest BCUT2D eigenvalue weighted by atomic mass is 127. The number of aliphatic carboxylic acids is 1. The molecule has 0 aliphatic carbocycles. The lowest BCUT2D eigenvalue weighted by Crippen LogP contribution is -2.00. The van der Waals surface area contributed by atoms with E-state index in [0.717, 1.165) is 6.42 Å². The summed E-state index contributed by atoms with van der Waals surface area (Å²) in [6, 6.07) is 0. The van der Waals surface area contributed by atoms with Crippen LogP contribution in [0.3, 0.4) is 0 Å². The van der Waals surface area contributed by atoms with Gasteiger partial charge >= 0.3 is 5.97 Å². The SMILES string of the molecule is I.NCCCCC(=O)O. The van der Waals surface area contributed by atoms with Crippen LogP contribution in [-0.2, 0) is 4.79 Å². The van der Waals surface area contributed by atoms with Crippen LogP contribution < -0.4 is 5.73 Å². The summed E-state index contributed by atoms with van der Waals surface area (Å²) in [7, 11) is 0. The third-order valence-corrected chi connectivity index (χ3v) is 0.845. The first-order valence-corrected chi connectivity index (χ1v) is 2.69. The second-order valence-corrected chi connectivity index (χ2v) is 1.64. The lowest BCUT2D eigenvalue weighted by molar-refractivity contribution is -0.137. The van der Waals surface area contributed by atoms with E-state index in [0.29, 0.717) is 13.0 Å². The molecule has 0 saturated heterocycles. The summed E-state index contributed by atoms with van der Waals surface area (Å²) in [4.78, 5) is 9.83. The molecule has 0 atom stereocenters. The first kappa shape index (κ1) is 11.9. The van der Waals surface area contributed by atoms with Gasteiger partial charge in [0.05, 0.1) is 0 Å². The summed E-state index contributed by atoms with van der Waals surface area (Å²) >= 11 is 0. The molecule has 0 aliphatic rings. The summed E-state index contributed by atoms with van der Waals surface area (Å²) in [5.74, 6) is -0.738. The maximum absolute atomic E-state index is 9.83. The second-order valence-electron chi connectivity index (χ2n) is 1.64. The molecule has 0 saturated carbocycles. The van der Waals surface area contributed by atoms with Gasteiger partial charge in [-0.05, 0) is 19.4 Å². The van der Waals surface area contributed by atoms with E-state index in [-0.39, 0.29) is 30.4 Å². The van der Waals surface area contributed by atoms with Crippen LogP contribution in [0.5, 0.6) is 0 Å². The summed E-state index contributed by atoms with van der Waals surface area (Å²) in [6.07, 6.45) is 1.76. The Morgan fingerprint density at radius 2 is 2.00 bits per heavy atom. The number of unbranched alkanes of at least 4 members (excludes halogenated alkanes) is 1. The van der Waals surface area contributed by atoms with Crippen LogP contribution in [0.2, 0.25) is 0 Å². The van der Waals surface area contributed by atoms with Gasteiger partial charge in [-0.15, -0.1) is 24.0 Å². The highest BCUT2D eigenvalue weighted by Crippen LogP contribution is 1.91. The Kier molecular flexibility index (Phi) is 10.8. The molecule has 0 aliphatic heterocycles. The molecule has 0 aromatic heterocycles. The summed E-state index contributed by atoms with van der Waals surface area (Å²) in [5.41, 5.74) is 5.12. The van der Waals surface area contributed by atoms with Crippen molar-refractivity contribution in [1.82, 2.24) is 0 Å². The second kappa shape index (κ2) is 8.16. The van der Waals surface area contributed by atoms with Crippen molar-refractivity contribution >= 4 is 29.9 Å². The van der Waals surface area contributed by atoms with Gasteiger partial charge in [-0.25, -0.2) is 0 Å². The topological polar surface area (TPSA) is 63.3 Å². The van der Waals surface area contributed by atoms with E-state index in [9.17, 15) is 4.79 Å². The van der Waals surface area contributed by atoms with E-state index >= 15 is 0 Å². The third-order valence-electron chi connectivity index (χ3n) is 0.845. The number of carbonyl (C=O) groups is 1. The van der Waals surface area contributed by atoms with E-state index in [4.69, 9.17) is 10.8 Å². The quantitative estimate of drug-likeness (QED) is 0.569. The van der Waals surface area contributed by atoms with Crippen molar-refractivity contribution in [2.75, 3.05) is 6.54 Å². The highest BCUT2D eigenvalue weighted by molar-refractivity contribution is 14.0. The van der Waals surface area contributed by atoms with Crippen molar-refractivity contribution in [1.29, 1.82) is 0 Å². The predicted molar refractivity (Wildman–Crippen MR) is 46.0 cm³/mol. The largest absolute Gasteiger partial charge is 0.481 e. The molecule has 0 bridgehead atoms. The molecule has 0 spiro atoms. The minimum atomic E-state index is -0.738. The molecule has 0 radical (unpaired) electrons. The minimum Gasteiger partial charge on any atom is -0.481 e. The predicted octanol–water partition coefficient (Wildman–Crippen LogP) is 0.818. The molecular weight excluding hydrogens is 233 g/mol. The van der Waals surface area contributed by atoms with Gasteiger partial charge in [0.15, 0.2) is 0 Å². The number of rotatable bonds is 4.